The van der Waals surface area contributed by atoms with Gasteiger partial charge in [0.2, 0.25) is 0 Å². The van der Waals surface area contributed by atoms with Gasteiger partial charge in [-0.2, -0.15) is 0 Å². The molecule has 2 aromatic carbocycles. The standard InChI is InChI=1S/C19H21FN2OS.ClH/c1-22-11-9-15(10-12-22)24-16-6-4-5-14(13-16)21-19(23)17-7-2-3-8-18(17)20;/h2-8,13,15H,9-12H2,1H3,(H,21,23);1H. The highest BCUT2D eigenvalue weighted by atomic mass is 35.5. The molecule has 6 heteroatoms. The van der Waals surface area contributed by atoms with Gasteiger partial charge in [-0.15, -0.1) is 24.2 Å². The summed E-state index contributed by atoms with van der Waals surface area (Å²) in [6.45, 7) is 2.25. The number of benzene rings is 2. The normalized spacial score (nSPS) is 15.4. The maximum absolute atomic E-state index is 13.7. The van der Waals surface area contributed by atoms with E-state index in [1.54, 1.807) is 12.1 Å². The molecule has 0 saturated carbocycles. The van der Waals surface area contributed by atoms with Gasteiger partial charge in [0, 0.05) is 15.8 Å². The number of hydrogen-bond donors (Lipinski definition) is 1. The van der Waals surface area contributed by atoms with Crippen molar-refractivity contribution in [3.63, 3.8) is 0 Å². The third-order valence-electron chi connectivity index (χ3n) is 4.18. The van der Waals surface area contributed by atoms with Gasteiger partial charge in [-0.1, -0.05) is 18.2 Å². The second-order valence-corrected chi connectivity index (χ2v) is 7.46. The number of nitrogens with one attached hydrogen (secondary N) is 1. The number of carbonyl (C=O) groups excluding carboxylic acids is 1. The topological polar surface area (TPSA) is 32.3 Å². The van der Waals surface area contributed by atoms with Gasteiger partial charge >= 0.3 is 0 Å². The first-order valence-corrected chi connectivity index (χ1v) is 9.01. The average Bonchev–Trinajstić information content (AvgIpc) is 2.58. The lowest BCUT2D eigenvalue weighted by Crippen LogP contribution is -2.31. The van der Waals surface area contributed by atoms with E-state index >= 15 is 0 Å². The molecule has 1 saturated heterocycles. The van der Waals surface area contributed by atoms with Gasteiger partial charge in [0.1, 0.15) is 5.82 Å². The predicted octanol–water partition coefficient (Wildman–Crippen LogP) is 4.69. The van der Waals surface area contributed by atoms with E-state index in [2.05, 4.69) is 23.3 Å². The highest BCUT2D eigenvalue weighted by Gasteiger charge is 2.18. The molecule has 1 heterocycles. The highest BCUT2D eigenvalue weighted by Crippen LogP contribution is 2.31. The number of carbonyl (C=O) groups is 1. The number of rotatable bonds is 4. The number of piperidine rings is 1. The van der Waals surface area contributed by atoms with E-state index in [0.717, 1.165) is 18.0 Å². The van der Waals surface area contributed by atoms with E-state index in [9.17, 15) is 9.18 Å². The Bertz CT molecular complexity index is 720. The summed E-state index contributed by atoms with van der Waals surface area (Å²) in [5.41, 5.74) is 0.757. The van der Waals surface area contributed by atoms with Gasteiger partial charge in [-0.25, -0.2) is 4.39 Å². The Balaban J connectivity index is 0.00000225. The summed E-state index contributed by atoms with van der Waals surface area (Å²) in [7, 11) is 2.15. The molecule has 3 nitrogen and oxygen atoms in total. The fourth-order valence-corrected chi connectivity index (χ4v) is 3.97. The minimum absolute atomic E-state index is 0. The largest absolute Gasteiger partial charge is 0.322 e. The fraction of sp³-hybridized carbons (Fsp3) is 0.316. The van der Waals surface area contributed by atoms with E-state index in [4.69, 9.17) is 0 Å². The van der Waals surface area contributed by atoms with E-state index < -0.39 is 11.7 Å². The zero-order valence-electron chi connectivity index (χ0n) is 14.1. The van der Waals surface area contributed by atoms with Crippen molar-refractivity contribution >= 4 is 35.8 Å². The van der Waals surface area contributed by atoms with Gasteiger partial charge in [-0.3, -0.25) is 4.79 Å². The second-order valence-electron chi connectivity index (χ2n) is 6.08. The summed E-state index contributed by atoms with van der Waals surface area (Å²) in [6.07, 6.45) is 2.35. The summed E-state index contributed by atoms with van der Waals surface area (Å²) < 4.78 is 13.7. The van der Waals surface area contributed by atoms with Crippen LogP contribution in [0.3, 0.4) is 0 Å². The molecule has 0 radical (unpaired) electrons. The Kier molecular flexibility index (Phi) is 7.29. The van der Waals surface area contributed by atoms with Crippen molar-refractivity contribution in [2.45, 2.75) is 23.0 Å². The van der Waals surface area contributed by atoms with Crippen LogP contribution in [-0.2, 0) is 0 Å². The highest BCUT2D eigenvalue weighted by molar-refractivity contribution is 8.00. The number of hydrogen-bond acceptors (Lipinski definition) is 3. The van der Waals surface area contributed by atoms with Crippen LogP contribution in [0.5, 0.6) is 0 Å². The molecule has 1 fully saturated rings. The monoisotopic (exact) mass is 380 g/mol. The quantitative estimate of drug-likeness (QED) is 0.835. The number of likely N-dealkylation sites (tertiary alicyclic amines) is 1. The lowest BCUT2D eigenvalue weighted by Gasteiger charge is -2.28. The third-order valence-corrected chi connectivity index (χ3v) is 5.51. The Morgan fingerprint density at radius 1 is 1.16 bits per heavy atom. The van der Waals surface area contributed by atoms with Crippen LogP contribution in [-0.4, -0.2) is 36.2 Å². The molecule has 2 aromatic rings. The van der Waals surface area contributed by atoms with E-state index in [1.807, 2.05) is 30.0 Å². The van der Waals surface area contributed by atoms with Crippen LogP contribution in [0.15, 0.2) is 53.4 Å². The molecule has 0 aliphatic carbocycles. The van der Waals surface area contributed by atoms with Gasteiger partial charge in [0.05, 0.1) is 5.56 Å². The Labute approximate surface area is 158 Å². The maximum atomic E-state index is 13.7. The molecule has 0 atom stereocenters. The van der Waals surface area contributed by atoms with Crippen LogP contribution in [0.4, 0.5) is 10.1 Å². The Morgan fingerprint density at radius 2 is 1.88 bits per heavy atom. The van der Waals surface area contributed by atoms with Crippen molar-refractivity contribution in [1.29, 1.82) is 0 Å². The van der Waals surface area contributed by atoms with Crippen molar-refractivity contribution in [1.82, 2.24) is 4.90 Å². The number of halogens is 2. The van der Waals surface area contributed by atoms with Crippen molar-refractivity contribution < 1.29 is 9.18 Å². The van der Waals surface area contributed by atoms with Gasteiger partial charge < -0.3 is 10.2 Å². The number of anilines is 1. The van der Waals surface area contributed by atoms with Gasteiger partial charge in [-0.05, 0) is 63.3 Å². The van der Waals surface area contributed by atoms with Crippen molar-refractivity contribution in [3.05, 3.63) is 59.9 Å². The molecule has 3 rings (SSSR count). The van der Waals surface area contributed by atoms with E-state index in [-0.39, 0.29) is 18.0 Å². The van der Waals surface area contributed by atoms with Crippen molar-refractivity contribution in [2.24, 2.45) is 0 Å². The molecule has 0 spiro atoms. The summed E-state index contributed by atoms with van der Waals surface area (Å²) in [5.74, 6) is -0.929. The predicted molar refractivity (Wildman–Crippen MR) is 104 cm³/mol. The number of amides is 1. The summed E-state index contributed by atoms with van der Waals surface area (Å²) >= 11 is 1.85. The van der Waals surface area contributed by atoms with Crippen LogP contribution in [0.25, 0.3) is 0 Å². The molecular weight excluding hydrogens is 359 g/mol. The lowest BCUT2D eigenvalue weighted by atomic mass is 10.1. The van der Waals surface area contributed by atoms with Crippen LogP contribution < -0.4 is 5.32 Å². The smallest absolute Gasteiger partial charge is 0.258 e. The van der Waals surface area contributed by atoms with Gasteiger partial charge in [0.25, 0.3) is 5.91 Å². The first-order chi connectivity index (χ1) is 11.6. The van der Waals surface area contributed by atoms with Crippen LogP contribution in [0.2, 0.25) is 0 Å². The fourth-order valence-electron chi connectivity index (χ4n) is 2.79. The van der Waals surface area contributed by atoms with Crippen LogP contribution in [0, 0.1) is 5.82 Å². The van der Waals surface area contributed by atoms with Crippen LogP contribution >= 0.6 is 24.2 Å². The third kappa shape index (κ3) is 5.46. The summed E-state index contributed by atoms with van der Waals surface area (Å²) in [5, 5.41) is 3.39. The first-order valence-electron chi connectivity index (χ1n) is 8.13. The average molecular weight is 381 g/mol. The number of thioether (sulfide) groups is 1. The zero-order valence-corrected chi connectivity index (χ0v) is 15.7. The Morgan fingerprint density at radius 3 is 2.60 bits per heavy atom. The summed E-state index contributed by atoms with van der Waals surface area (Å²) in [6, 6.07) is 13.8. The lowest BCUT2D eigenvalue weighted by molar-refractivity contribution is 0.102. The maximum Gasteiger partial charge on any atom is 0.258 e. The molecule has 1 aliphatic heterocycles. The van der Waals surface area contributed by atoms with Gasteiger partial charge in [0.15, 0.2) is 0 Å². The molecule has 1 N–H and O–H groups in total. The molecule has 0 bridgehead atoms. The Hall–Kier alpha value is -1.56. The molecule has 0 unspecified atom stereocenters. The summed E-state index contributed by atoms with van der Waals surface area (Å²) in [4.78, 5) is 15.7. The molecule has 0 aromatic heterocycles. The van der Waals surface area contributed by atoms with E-state index in [0.29, 0.717) is 10.9 Å². The van der Waals surface area contributed by atoms with E-state index in [1.165, 1.54) is 25.0 Å². The van der Waals surface area contributed by atoms with Crippen molar-refractivity contribution in [3.8, 4) is 0 Å². The van der Waals surface area contributed by atoms with Crippen molar-refractivity contribution in [2.75, 3.05) is 25.5 Å². The SMILES string of the molecule is CN1CCC(Sc2cccc(NC(=O)c3ccccc3F)c2)CC1.Cl. The minimum atomic E-state index is -0.508. The molecule has 134 valence electrons. The minimum Gasteiger partial charge on any atom is -0.322 e. The molecular formula is C19H22ClFN2OS. The second kappa shape index (κ2) is 9.22. The first kappa shape index (κ1) is 19.8. The zero-order chi connectivity index (χ0) is 16.9. The van der Waals surface area contributed by atoms with Crippen LogP contribution in [0.1, 0.15) is 23.2 Å². The molecule has 25 heavy (non-hydrogen) atoms. The number of nitrogens with zero attached hydrogens (tertiary/aromatic N) is 1. The molecule has 1 aliphatic rings. The molecule has 1 amide bonds.